The van der Waals surface area contributed by atoms with Crippen LogP contribution >= 0.6 is 0 Å². The van der Waals surface area contributed by atoms with Crippen LogP contribution in [0.1, 0.15) is 25.1 Å². The van der Waals surface area contributed by atoms with E-state index in [1.165, 1.54) is 0 Å². The monoisotopic (exact) mass is 418 g/mol. The molecule has 3 aromatic rings. The quantitative estimate of drug-likeness (QED) is 0.586. The number of nitrogens with one attached hydrogen (secondary N) is 1. The molecule has 3 amide bonds. The van der Waals surface area contributed by atoms with E-state index in [1.54, 1.807) is 9.80 Å². The molecule has 162 valence electrons. The highest BCUT2D eigenvalue weighted by Crippen LogP contribution is 2.13. The normalized spacial score (nSPS) is 10.7. The van der Waals surface area contributed by atoms with E-state index in [2.05, 4.69) is 5.32 Å². The number of para-hydroxylation sites is 1. The molecule has 1 aromatic heterocycles. The first kappa shape index (κ1) is 22.2. The predicted molar refractivity (Wildman–Crippen MR) is 123 cm³/mol. The van der Waals surface area contributed by atoms with Crippen LogP contribution in [0.2, 0.25) is 0 Å². The molecule has 31 heavy (non-hydrogen) atoms. The molecule has 0 aliphatic rings. The third kappa shape index (κ3) is 6.22. The van der Waals surface area contributed by atoms with Gasteiger partial charge in [-0.15, -0.1) is 0 Å². The zero-order valence-electron chi connectivity index (χ0n) is 18.4. The summed E-state index contributed by atoms with van der Waals surface area (Å²) in [7, 11) is 1.97. The topological polar surface area (TPSA) is 57.6 Å². The lowest BCUT2D eigenvalue weighted by atomic mass is 10.2. The van der Waals surface area contributed by atoms with Crippen LogP contribution in [0, 0.1) is 0 Å². The second-order valence-corrected chi connectivity index (χ2v) is 7.86. The van der Waals surface area contributed by atoms with E-state index in [0.29, 0.717) is 18.8 Å². The number of urea groups is 1. The minimum atomic E-state index is -0.284. The van der Waals surface area contributed by atoms with E-state index in [4.69, 9.17) is 0 Å². The fourth-order valence-corrected chi connectivity index (χ4v) is 3.34. The number of hydrogen-bond donors (Lipinski definition) is 1. The number of benzene rings is 2. The van der Waals surface area contributed by atoms with Crippen LogP contribution in [-0.4, -0.2) is 38.9 Å². The van der Waals surface area contributed by atoms with Gasteiger partial charge in [-0.25, -0.2) is 4.79 Å². The summed E-state index contributed by atoms with van der Waals surface area (Å²) in [5.74, 6) is -0.0954. The number of amides is 3. The lowest BCUT2D eigenvalue weighted by Crippen LogP contribution is -2.47. The van der Waals surface area contributed by atoms with Gasteiger partial charge in [0, 0.05) is 37.2 Å². The first-order valence-corrected chi connectivity index (χ1v) is 10.5. The second kappa shape index (κ2) is 10.5. The van der Waals surface area contributed by atoms with Gasteiger partial charge in [-0.05, 0) is 43.7 Å². The van der Waals surface area contributed by atoms with Gasteiger partial charge in [-0.1, -0.05) is 48.5 Å². The van der Waals surface area contributed by atoms with Gasteiger partial charge in [0.25, 0.3) is 0 Å². The number of carbonyl (C=O) groups excluding carboxylic acids is 2. The second-order valence-electron chi connectivity index (χ2n) is 7.86. The van der Waals surface area contributed by atoms with Crippen molar-refractivity contribution in [1.82, 2.24) is 14.4 Å². The first-order valence-electron chi connectivity index (χ1n) is 10.5. The minimum absolute atomic E-state index is 0.00753. The molecule has 6 heteroatoms. The van der Waals surface area contributed by atoms with Gasteiger partial charge in [0.15, 0.2) is 0 Å². The largest absolute Gasteiger partial charge is 0.353 e. The summed E-state index contributed by atoms with van der Waals surface area (Å²) >= 11 is 0. The van der Waals surface area contributed by atoms with Crippen LogP contribution in [0.3, 0.4) is 0 Å². The summed E-state index contributed by atoms with van der Waals surface area (Å²) in [6.07, 6.45) is 1.97. The molecule has 0 atom stereocenters. The van der Waals surface area contributed by atoms with Crippen LogP contribution in [-0.2, 0) is 24.9 Å². The Balaban J connectivity index is 1.76. The van der Waals surface area contributed by atoms with E-state index in [0.717, 1.165) is 11.3 Å². The van der Waals surface area contributed by atoms with Gasteiger partial charge in [0.2, 0.25) is 5.91 Å². The fourth-order valence-electron chi connectivity index (χ4n) is 3.34. The van der Waals surface area contributed by atoms with Crippen LogP contribution in [0.25, 0.3) is 0 Å². The Morgan fingerprint density at radius 3 is 2.13 bits per heavy atom. The van der Waals surface area contributed by atoms with Crippen LogP contribution in [0.5, 0.6) is 0 Å². The van der Waals surface area contributed by atoms with Gasteiger partial charge in [-0.3, -0.25) is 4.79 Å². The van der Waals surface area contributed by atoms with Crippen LogP contribution in [0.15, 0.2) is 79.0 Å². The van der Waals surface area contributed by atoms with Crippen molar-refractivity contribution in [1.29, 1.82) is 0 Å². The molecule has 0 aliphatic carbocycles. The molecule has 0 saturated carbocycles. The van der Waals surface area contributed by atoms with E-state index >= 15 is 0 Å². The highest BCUT2D eigenvalue weighted by molar-refractivity contribution is 5.92. The molecule has 0 spiro atoms. The van der Waals surface area contributed by atoms with Crippen molar-refractivity contribution in [3.63, 3.8) is 0 Å². The Morgan fingerprint density at radius 1 is 0.903 bits per heavy atom. The molecule has 0 aliphatic heterocycles. The number of aryl methyl sites for hydroxylation is 1. The Morgan fingerprint density at radius 2 is 1.55 bits per heavy atom. The van der Waals surface area contributed by atoms with Crippen molar-refractivity contribution >= 4 is 17.6 Å². The number of anilines is 1. The highest BCUT2D eigenvalue weighted by Gasteiger charge is 2.24. The molecule has 1 N–H and O–H groups in total. The van der Waals surface area contributed by atoms with Gasteiger partial charge in [0.05, 0.1) is 6.54 Å². The van der Waals surface area contributed by atoms with Crippen LogP contribution < -0.4 is 5.32 Å². The maximum atomic E-state index is 13.4. The minimum Gasteiger partial charge on any atom is -0.353 e. The number of hydrogen-bond acceptors (Lipinski definition) is 2. The summed E-state index contributed by atoms with van der Waals surface area (Å²) in [6, 6.07) is 22.8. The van der Waals surface area contributed by atoms with Crippen molar-refractivity contribution in [2.24, 2.45) is 7.05 Å². The van der Waals surface area contributed by atoms with E-state index in [1.807, 2.05) is 104 Å². The third-order valence-corrected chi connectivity index (χ3v) is 5.19. The summed E-state index contributed by atoms with van der Waals surface area (Å²) in [6.45, 7) is 4.79. The third-order valence-electron chi connectivity index (χ3n) is 5.19. The van der Waals surface area contributed by atoms with E-state index in [-0.39, 0.29) is 24.5 Å². The number of nitrogens with zero attached hydrogens (tertiary/aromatic N) is 3. The highest BCUT2D eigenvalue weighted by atomic mass is 16.2. The zero-order valence-corrected chi connectivity index (χ0v) is 18.4. The number of rotatable bonds is 8. The van der Waals surface area contributed by atoms with Crippen molar-refractivity contribution in [2.45, 2.75) is 33.0 Å². The Bertz CT molecular complexity index is 983. The van der Waals surface area contributed by atoms with E-state index in [9.17, 15) is 9.59 Å². The van der Waals surface area contributed by atoms with E-state index < -0.39 is 0 Å². The van der Waals surface area contributed by atoms with Crippen molar-refractivity contribution in [3.05, 3.63) is 90.3 Å². The first-order chi connectivity index (χ1) is 14.9. The van der Waals surface area contributed by atoms with Gasteiger partial charge < -0.3 is 19.7 Å². The SMILES string of the molecule is CC(C)N(CC(=O)N(Cc1ccccc1)Cc1cccn1C)C(=O)Nc1ccccc1. The van der Waals surface area contributed by atoms with Crippen molar-refractivity contribution < 1.29 is 9.59 Å². The summed E-state index contributed by atoms with van der Waals surface area (Å²) in [5, 5.41) is 2.88. The predicted octanol–water partition coefficient (Wildman–Crippen LogP) is 4.50. The van der Waals surface area contributed by atoms with Crippen LogP contribution in [0.4, 0.5) is 10.5 Å². The number of aromatic nitrogens is 1. The average Bonchev–Trinajstić information content (AvgIpc) is 3.17. The molecule has 3 rings (SSSR count). The molecule has 0 radical (unpaired) electrons. The summed E-state index contributed by atoms with van der Waals surface area (Å²) in [5.41, 5.74) is 2.79. The zero-order chi connectivity index (χ0) is 22.2. The molecule has 0 fully saturated rings. The Labute approximate surface area is 184 Å². The molecule has 0 bridgehead atoms. The van der Waals surface area contributed by atoms with Gasteiger partial charge in [0.1, 0.15) is 6.54 Å². The maximum Gasteiger partial charge on any atom is 0.322 e. The Hall–Kier alpha value is -3.54. The molecule has 1 heterocycles. The molecule has 0 saturated heterocycles. The lowest BCUT2D eigenvalue weighted by molar-refractivity contribution is -0.133. The van der Waals surface area contributed by atoms with Gasteiger partial charge >= 0.3 is 6.03 Å². The smallest absolute Gasteiger partial charge is 0.322 e. The molecular weight excluding hydrogens is 388 g/mol. The molecule has 0 unspecified atom stereocenters. The molecular formula is C25H30N4O2. The Kier molecular flexibility index (Phi) is 7.49. The van der Waals surface area contributed by atoms with Crippen molar-refractivity contribution in [3.8, 4) is 0 Å². The van der Waals surface area contributed by atoms with Crippen molar-refractivity contribution in [2.75, 3.05) is 11.9 Å². The molecule has 6 nitrogen and oxygen atoms in total. The summed E-state index contributed by atoms with van der Waals surface area (Å²) < 4.78 is 2.01. The lowest BCUT2D eigenvalue weighted by Gasteiger charge is -2.30. The maximum absolute atomic E-state index is 13.4. The standard InChI is InChI=1S/C25H30N4O2/c1-20(2)29(25(31)26-22-13-8-5-9-14-22)19-24(30)28(17-21-11-6-4-7-12-21)18-23-15-10-16-27(23)3/h4-16,20H,17-19H2,1-3H3,(H,26,31). The van der Waals surface area contributed by atoms with Gasteiger partial charge in [-0.2, -0.15) is 0 Å². The average molecular weight is 419 g/mol. The number of carbonyl (C=O) groups is 2. The summed E-state index contributed by atoms with van der Waals surface area (Å²) in [4.78, 5) is 29.6. The fraction of sp³-hybridized carbons (Fsp3) is 0.280. The molecule has 2 aromatic carbocycles.